The van der Waals surface area contributed by atoms with Crippen molar-refractivity contribution >= 4 is 12.0 Å². The van der Waals surface area contributed by atoms with E-state index in [0.717, 1.165) is 43.5 Å². The van der Waals surface area contributed by atoms with E-state index in [-0.39, 0.29) is 6.03 Å². The maximum absolute atomic E-state index is 12.3. The molecule has 0 saturated carbocycles. The van der Waals surface area contributed by atoms with E-state index in [1.165, 1.54) is 12.0 Å². The first-order valence-electron chi connectivity index (χ1n) is 10.5. The standard InChI is InChI=1S/C22H33N3O3/c1-16-10-17(2)13-24(12-16)14-19-7-5-18(6-8-19)11-23-22(28)25-9-3-4-20(15-25)21(26)27/h5-8,16-17,20H,3-4,9-15H2,1-2H3,(H,23,28)(H,26,27). The summed E-state index contributed by atoms with van der Waals surface area (Å²) in [6.07, 6.45) is 2.71. The SMILES string of the molecule is CC1CC(C)CN(Cc2ccc(CNC(=O)N3CCCC(C(=O)O)C3)cc2)C1. The van der Waals surface area contributed by atoms with E-state index < -0.39 is 11.9 Å². The number of carbonyl (C=O) groups excluding carboxylic acids is 1. The van der Waals surface area contributed by atoms with Crippen LogP contribution in [0.4, 0.5) is 4.79 Å². The fourth-order valence-corrected chi connectivity index (χ4v) is 4.59. The van der Waals surface area contributed by atoms with E-state index in [0.29, 0.717) is 26.1 Å². The molecule has 154 valence electrons. The van der Waals surface area contributed by atoms with E-state index in [2.05, 4.69) is 48.3 Å². The lowest BCUT2D eigenvalue weighted by Crippen LogP contribution is -2.46. The number of piperidine rings is 2. The minimum atomic E-state index is -0.814. The van der Waals surface area contributed by atoms with Gasteiger partial charge in [-0.15, -0.1) is 0 Å². The zero-order chi connectivity index (χ0) is 20.1. The van der Waals surface area contributed by atoms with Crippen molar-refractivity contribution < 1.29 is 14.7 Å². The van der Waals surface area contributed by atoms with Crippen LogP contribution in [0.15, 0.2) is 24.3 Å². The minimum Gasteiger partial charge on any atom is -0.481 e. The molecule has 2 aliphatic rings. The van der Waals surface area contributed by atoms with Crippen LogP contribution in [0.3, 0.4) is 0 Å². The molecule has 0 bridgehead atoms. The second kappa shape index (κ2) is 9.41. The Kier molecular flexibility index (Phi) is 6.94. The molecule has 6 nitrogen and oxygen atoms in total. The predicted octanol–water partition coefficient (Wildman–Crippen LogP) is 3.17. The van der Waals surface area contributed by atoms with Gasteiger partial charge in [0, 0.05) is 39.3 Å². The summed E-state index contributed by atoms with van der Waals surface area (Å²) >= 11 is 0. The molecule has 2 fully saturated rings. The number of benzene rings is 1. The molecular formula is C22H33N3O3. The van der Waals surface area contributed by atoms with Gasteiger partial charge in [-0.25, -0.2) is 4.79 Å². The van der Waals surface area contributed by atoms with E-state index in [1.807, 2.05) is 0 Å². The summed E-state index contributed by atoms with van der Waals surface area (Å²) in [5, 5.41) is 12.1. The Labute approximate surface area is 167 Å². The molecule has 2 N–H and O–H groups in total. The zero-order valence-electron chi connectivity index (χ0n) is 17.1. The number of likely N-dealkylation sites (tertiary alicyclic amines) is 2. The van der Waals surface area contributed by atoms with Crippen LogP contribution in [-0.2, 0) is 17.9 Å². The monoisotopic (exact) mass is 387 g/mol. The van der Waals surface area contributed by atoms with Crippen LogP contribution in [0, 0.1) is 17.8 Å². The van der Waals surface area contributed by atoms with Gasteiger partial charge in [0.2, 0.25) is 0 Å². The number of nitrogens with one attached hydrogen (secondary N) is 1. The van der Waals surface area contributed by atoms with Crippen LogP contribution in [0.5, 0.6) is 0 Å². The van der Waals surface area contributed by atoms with Gasteiger partial charge >= 0.3 is 12.0 Å². The van der Waals surface area contributed by atoms with E-state index in [9.17, 15) is 9.59 Å². The Hall–Kier alpha value is -2.08. The molecule has 2 aliphatic heterocycles. The maximum atomic E-state index is 12.3. The highest BCUT2D eigenvalue weighted by Gasteiger charge is 2.28. The first-order chi connectivity index (χ1) is 13.4. The van der Waals surface area contributed by atoms with Gasteiger partial charge in [-0.05, 0) is 42.2 Å². The summed E-state index contributed by atoms with van der Waals surface area (Å²) in [5.41, 5.74) is 2.36. The topological polar surface area (TPSA) is 72.9 Å². The van der Waals surface area contributed by atoms with Gasteiger partial charge in [0.25, 0.3) is 0 Å². The molecule has 1 aromatic rings. The molecule has 28 heavy (non-hydrogen) atoms. The molecule has 2 saturated heterocycles. The number of hydrogen-bond donors (Lipinski definition) is 2. The average molecular weight is 388 g/mol. The summed E-state index contributed by atoms with van der Waals surface area (Å²) < 4.78 is 0. The van der Waals surface area contributed by atoms with Gasteiger partial charge < -0.3 is 15.3 Å². The van der Waals surface area contributed by atoms with Crippen LogP contribution in [-0.4, -0.2) is 53.1 Å². The van der Waals surface area contributed by atoms with Crippen molar-refractivity contribution in [2.45, 2.75) is 46.2 Å². The fourth-order valence-electron chi connectivity index (χ4n) is 4.59. The third-order valence-corrected chi connectivity index (χ3v) is 5.88. The van der Waals surface area contributed by atoms with Crippen LogP contribution in [0.2, 0.25) is 0 Å². The molecule has 0 spiro atoms. The molecule has 6 heteroatoms. The normalized spacial score (nSPS) is 26.1. The highest BCUT2D eigenvalue weighted by molar-refractivity contribution is 5.76. The number of aliphatic carboxylic acids is 1. The smallest absolute Gasteiger partial charge is 0.317 e. The molecule has 3 unspecified atom stereocenters. The lowest BCUT2D eigenvalue weighted by atomic mass is 9.91. The first-order valence-corrected chi connectivity index (χ1v) is 10.5. The van der Waals surface area contributed by atoms with Crippen molar-refractivity contribution in [2.75, 3.05) is 26.2 Å². The second-order valence-corrected chi connectivity index (χ2v) is 8.74. The summed E-state index contributed by atoms with van der Waals surface area (Å²) in [7, 11) is 0. The third-order valence-electron chi connectivity index (χ3n) is 5.88. The third kappa shape index (κ3) is 5.71. The minimum absolute atomic E-state index is 0.175. The van der Waals surface area contributed by atoms with Gasteiger partial charge in [-0.1, -0.05) is 38.1 Å². The van der Waals surface area contributed by atoms with Gasteiger partial charge in [0.1, 0.15) is 0 Å². The molecule has 3 rings (SSSR count). The summed E-state index contributed by atoms with van der Waals surface area (Å²) in [4.78, 5) is 27.6. The zero-order valence-corrected chi connectivity index (χ0v) is 17.1. The van der Waals surface area contributed by atoms with Crippen LogP contribution < -0.4 is 5.32 Å². The number of nitrogens with zero attached hydrogens (tertiary/aromatic N) is 2. The van der Waals surface area contributed by atoms with Crippen molar-refractivity contribution in [3.63, 3.8) is 0 Å². The predicted molar refractivity (Wildman–Crippen MR) is 109 cm³/mol. The Morgan fingerprint density at radius 3 is 2.36 bits per heavy atom. The number of carboxylic acids is 1. The number of carboxylic acid groups (broad SMARTS) is 1. The van der Waals surface area contributed by atoms with E-state index in [1.54, 1.807) is 4.90 Å². The molecule has 0 aromatic heterocycles. The molecule has 3 atom stereocenters. The van der Waals surface area contributed by atoms with Gasteiger partial charge in [0.15, 0.2) is 0 Å². The molecular weight excluding hydrogens is 354 g/mol. The lowest BCUT2D eigenvalue weighted by Gasteiger charge is -2.35. The second-order valence-electron chi connectivity index (χ2n) is 8.74. The quantitative estimate of drug-likeness (QED) is 0.814. The molecule has 0 radical (unpaired) electrons. The highest BCUT2D eigenvalue weighted by atomic mass is 16.4. The first kappa shape index (κ1) is 20.6. The molecule has 2 amide bonds. The Balaban J connectivity index is 1.46. The van der Waals surface area contributed by atoms with E-state index >= 15 is 0 Å². The average Bonchev–Trinajstić information content (AvgIpc) is 2.66. The van der Waals surface area contributed by atoms with E-state index in [4.69, 9.17) is 5.11 Å². The number of hydrogen-bond acceptors (Lipinski definition) is 3. The summed E-state index contributed by atoms with van der Waals surface area (Å²) in [6.45, 7) is 9.35. The molecule has 2 heterocycles. The van der Waals surface area contributed by atoms with Gasteiger partial charge in [0.05, 0.1) is 5.92 Å². The van der Waals surface area contributed by atoms with Crippen molar-refractivity contribution in [1.29, 1.82) is 0 Å². The van der Waals surface area contributed by atoms with Gasteiger partial charge in [-0.2, -0.15) is 0 Å². The number of amides is 2. The Bertz CT molecular complexity index is 666. The lowest BCUT2D eigenvalue weighted by molar-refractivity contribution is -0.143. The van der Waals surface area contributed by atoms with Crippen molar-refractivity contribution in [3.05, 3.63) is 35.4 Å². The number of carbonyl (C=O) groups is 2. The van der Waals surface area contributed by atoms with Crippen molar-refractivity contribution in [2.24, 2.45) is 17.8 Å². The van der Waals surface area contributed by atoms with Crippen LogP contribution in [0.25, 0.3) is 0 Å². The highest BCUT2D eigenvalue weighted by Crippen LogP contribution is 2.22. The molecule has 1 aromatic carbocycles. The van der Waals surface area contributed by atoms with Crippen LogP contribution in [0.1, 0.15) is 44.2 Å². The number of urea groups is 1. The van der Waals surface area contributed by atoms with Gasteiger partial charge in [-0.3, -0.25) is 9.69 Å². The summed E-state index contributed by atoms with van der Waals surface area (Å²) in [6, 6.07) is 8.26. The number of rotatable bonds is 5. The maximum Gasteiger partial charge on any atom is 0.317 e. The Morgan fingerprint density at radius 2 is 1.71 bits per heavy atom. The molecule has 0 aliphatic carbocycles. The Morgan fingerprint density at radius 1 is 1.07 bits per heavy atom. The van der Waals surface area contributed by atoms with Crippen molar-refractivity contribution in [3.8, 4) is 0 Å². The summed E-state index contributed by atoms with van der Waals surface area (Å²) in [5.74, 6) is 0.257. The van der Waals surface area contributed by atoms with Crippen LogP contribution >= 0.6 is 0 Å². The largest absolute Gasteiger partial charge is 0.481 e. The van der Waals surface area contributed by atoms with Crippen molar-refractivity contribution in [1.82, 2.24) is 15.1 Å². The fraction of sp³-hybridized carbons (Fsp3) is 0.636.